The number of hydrazine groups is 1. The first-order chi connectivity index (χ1) is 12.1. The zero-order valence-electron chi connectivity index (χ0n) is 14.5. The predicted octanol–water partition coefficient (Wildman–Crippen LogP) is 2.09. The van der Waals surface area contributed by atoms with Crippen LogP contribution in [-0.2, 0) is 16.1 Å². The third kappa shape index (κ3) is 8.00. The summed E-state index contributed by atoms with van der Waals surface area (Å²) in [5.41, 5.74) is 3.74. The molecule has 0 unspecified atom stereocenters. The zero-order valence-corrected chi connectivity index (χ0v) is 14.5. The Morgan fingerprint density at radius 2 is 1.76 bits per heavy atom. The van der Waals surface area contributed by atoms with Gasteiger partial charge < -0.3 is 14.7 Å². The molecule has 2 rings (SSSR count). The minimum Gasteiger partial charge on any atom is -0.481 e. The maximum atomic E-state index is 11.8. The SMILES string of the molecule is O=C(O)CCCCCN1CCN(NC(=O)OCc2ccccc2)CC1. The van der Waals surface area contributed by atoms with Crippen molar-refractivity contribution in [3.05, 3.63) is 35.9 Å². The van der Waals surface area contributed by atoms with Crippen LogP contribution in [-0.4, -0.2) is 59.8 Å². The van der Waals surface area contributed by atoms with E-state index >= 15 is 0 Å². The van der Waals surface area contributed by atoms with E-state index in [1.165, 1.54) is 0 Å². The number of piperazine rings is 1. The van der Waals surface area contributed by atoms with Gasteiger partial charge in [-0.2, -0.15) is 0 Å². The Hall–Kier alpha value is -2.12. The highest BCUT2D eigenvalue weighted by Crippen LogP contribution is 2.06. The van der Waals surface area contributed by atoms with Gasteiger partial charge in [0, 0.05) is 32.6 Å². The fraction of sp³-hybridized carbons (Fsp3) is 0.556. The van der Waals surface area contributed by atoms with Crippen LogP contribution in [0.25, 0.3) is 0 Å². The Balaban J connectivity index is 1.54. The molecular weight excluding hydrogens is 322 g/mol. The lowest BCUT2D eigenvalue weighted by Crippen LogP contribution is -2.53. The Bertz CT molecular complexity index is 530. The number of amides is 1. The van der Waals surface area contributed by atoms with Gasteiger partial charge in [-0.05, 0) is 24.9 Å². The highest BCUT2D eigenvalue weighted by Gasteiger charge is 2.18. The number of nitrogens with zero attached hydrogens (tertiary/aromatic N) is 2. The molecule has 138 valence electrons. The molecule has 2 N–H and O–H groups in total. The molecule has 1 aliphatic heterocycles. The van der Waals surface area contributed by atoms with E-state index in [9.17, 15) is 9.59 Å². The van der Waals surface area contributed by atoms with Gasteiger partial charge in [-0.1, -0.05) is 36.8 Å². The smallest absolute Gasteiger partial charge is 0.422 e. The van der Waals surface area contributed by atoms with Crippen molar-refractivity contribution in [2.24, 2.45) is 0 Å². The molecule has 1 amide bonds. The molecule has 0 saturated carbocycles. The second-order valence-corrected chi connectivity index (χ2v) is 6.21. The molecule has 1 aromatic rings. The van der Waals surface area contributed by atoms with Gasteiger partial charge in [-0.15, -0.1) is 0 Å². The van der Waals surface area contributed by atoms with Crippen molar-refractivity contribution in [1.82, 2.24) is 15.3 Å². The van der Waals surface area contributed by atoms with Gasteiger partial charge in [0.1, 0.15) is 6.61 Å². The van der Waals surface area contributed by atoms with E-state index in [0.29, 0.717) is 0 Å². The van der Waals surface area contributed by atoms with Crippen molar-refractivity contribution in [2.45, 2.75) is 32.3 Å². The number of ether oxygens (including phenoxy) is 1. The summed E-state index contributed by atoms with van der Waals surface area (Å²) in [4.78, 5) is 24.6. The maximum Gasteiger partial charge on any atom is 0.422 e. The van der Waals surface area contributed by atoms with E-state index in [1.807, 2.05) is 35.3 Å². The summed E-state index contributed by atoms with van der Waals surface area (Å²) < 4.78 is 5.22. The summed E-state index contributed by atoms with van der Waals surface area (Å²) >= 11 is 0. The average molecular weight is 349 g/mol. The molecule has 0 radical (unpaired) electrons. The van der Waals surface area contributed by atoms with Crippen molar-refractivity contribution in [1.29, 1.82) is 0 Å². The topological polar surface area (TPSA) is 82.1 Å². The van der Waals surface area contributed by atoms with Crippen LogP contribution >= 0.6 is 0 Å². The highest BCUT2D eigenvalue weighted by atomic mass is 16.6. The minimum atomic E-state index is -0.723. The molecular formula is C18H27N3O4. The summed E-state index contributed by atoms with van der Waals surface area (Å²) in [6.07, 6.45) is 2.52. The molecule has 1 saturated heterocycles. The number of hydrogen-bond acceptors (Lipinski definition) is 5. The van der Waals surface area contributed by atoms with E-state index in [0.717, 1.165) is 57.5 Å². The first-order valence-corrected chi connectivity index (χ1v) is 8.80. The predicted molar refractivity (Wildman–Crippen MR) is 93.9 cm³/mol. The van der Waals surface area contributed by atoms with Crippen molar-refractivity contribution >= 4 is 12.1 Å². The van der Waals surface area contributed by atoms with Crippen LogP contribution in [0.2, 0.25) is 0 Å². The highest BCUT2D eigenvalue weighted by molar-refractivity contribution is 5.66. The first kappa shape index (κ1) is 19.2. The minimum absolute atomic E-state index is 0.253. The van der Waals surface area contributed by atoms with Crippen molar-refractivity contribution in [2.75, 3.05) is 32.7 Å². The van der Waals surface area contributed by atoms with Crippen LogP contribution < -0.4 is 5.43 Å². The second-order valence-electron chi connectivity index (χ2n) is 6.21. The number of rotatable bonds is 9. The van der Waals surface area contributed by atoms with Gasteiger partial charge in [0.25, 0.3) is 0 Å². The van der Waals surface area contributed by atoms with Crippen LogP contribution in [0.4, 0.5) is 4.79 Å². The monoisotopic (exact) mass is 349 g/mol. The van der Waals surface area contributed by atoms with Crippen LogP contribution in [0.3, 0.4) is 0 Å². The Labute approximate surface area is 148 Å². The molecule has 7 heteroatoms. The number of hydrogen-bond donors (Lipinski definition) is 2. The Morgan fingerprint density at radius 1 is 1.04 bits per heavy atom. The molecule has 0 spiro atoms. The number of unbranched alkanes of at least 4 members (excludes halogenated alkanes) is 2. The molecule has 1 aliphatic rings. The van der Waals surface area contributed by atoms with Gasteiger partial charge in [0.15, 0.2) is 0 Å². The van der Waals surface area contributed by atoms with E-state index in [1.54, 1.807) is 0 Å². The summed E-state index contributed by atoms with van der Waals surface area (Å²) in [5.74, 6) is -0.723. The Morgan fingerprint density at radius 3 is 2.44 bits per heavy atom. The van der Waals surface area contributed by atoms with Crippen molar-refractivity contribution < 1.29 is 19.4 Å². The van der Waals surface area contributed by atoms with Gasteiger partial charge in [0.2, 0.25) is 0 Å². The van der Waals surface area contributed by atoms with Crippen LogP contribution in [0.5, 0.6) is 0 Å². The van der Waals surface area contributed by atoms with Gasteiger partial charge in [0.05, 0.1) is 0 Å². The number of carboxylic acid groups (broad SMARTS) is 1. The molecule has 0 aromatic heterocycles. The molecule has 0 atom stereocenters. The lowest BCUT2D eigenvalue weighted by atomic mass is 10.2. The maximum absolute atomic E-state index is 11.8. The van der Waals surface area contributed by atoms with Crippen LogP contribution in [0.15, 0.2) is 30.3 Å². The Kier molecular flexibility index (Phi) is 8.21. The van der Waals surface area contributed by atoms with Gasteiger partial charge >= 0.3 is 12.1 Å². The summed E-state index contributed by atoms with van der Waals surface area (Å²) in [6, 6.07) is 9.59. The third-order valence-electron chi connectivity index (χ3n) is 4.20. The van der Waals surface area contributed by atoms with Gasteiger partial charge in [-0.25, -0.2) is 9.80 Å². The number of carboxylic acids is 1. The fourth-order valence-electron chi connectivity index (χ4n) is 2.76. The number of carbonyl (C=O) groups excluding carboxylic acids is 1. The van der Waals surface area contributed by atoms with Gasteiger partial charge in [-0.3, -0.25) is 10.2 Å². The number of carbonyl (C=O) groups is 2. The number of aliphatic carboxylic acids is 1. The number of nitrogens with one attached hydrogen (secondary N) is 1. The average Bonchev–Trinajstić information content (AvgIpc) is 2.62. The number of benzene rings is 1. The molecule has 0 bridgehead atoms. The summed E-state index contributed by atoms with van der Waals surface area (Å²) in [6.45, 7) is 4.54. The summed E-state index contributed by atoms with van der Waals surface area (Å²) in [5, 5.41) is 10.5. The van der Waals surface area contributed by atoms with Crippen LogP contribution in [0.1, 0.15) is 31.2 Å². The first-order valence-electron chi connectivity index (χ1n) is 8.80. The standard InChI is InChI=1S/C18H27N3O4/c22-17(23)9-5-2-6-10-20-11-13-21(14-12-20)19-18(24)25-15-16-7-3-1-4-8-16/h1,3-4,7-8H,2,5-6,9-15H2,(H,19,24)(H,22,23). The van der Waals surface area contributed by atoms with E-state index in [2.05, 4.69) is 10.3 Å². The lowest BCUT2D eigenvalue weighted by Gasteiger charge is -2.34. The molecule has 25 heavy (non-hydrogen) atoms. The molecule has 1 aromatic carbocycles. The fourth-order valence-corrected chi connectivity index (χ4v) is 2.76. The zero-order chi connectivity index (χ0) is 17.9. The van der Waals surface area contributed by atoms with E-state index in [4.69, 9.17) is 9.84 Å². The molecule has 1 fully saturated rings. The third-order valence-corrected chi connectivity index (χ3v) is 4.20. The molecule has 1 heterocycles. The van der Waals surface area contributed by atoms with Crippen LogP contribution in [0, 0.1) is 0 Å². The lowest BCUT2D eigenvalue weighted by molar-refractivity contribution is -0.137. The summed E-state index contributed by atoms with van der Waals surface area (Å²) in [7, 11) is 0. The largest absolute Gasteiger partial charge is 0.481 e. The van der Waals surface area contributed by atoms with E-state index < -0.39 is 12.1 Å². The molecule has 7 nitrogen and oxygen atoms in total. The van der Waals surface area contributed by atoms with Crippen molar-refractivity contribution in [3.63, 3.8) is 0 Å². The quantitative estimate of drug-likeness (QED) is 0.665. The second kappa shape index (κ2) is 10.7. The van der Waals surface area contributed by atoms with Crippen molar-refractivity contribution in [3.8, 4) is 0 Å². The normalized spacial score (nSPS) is 15.7. The molecule has 0 aliphatic carbocycles. The van der Waals surface area contributed by atoms with E-state index in [-0.39, 0.29) is 13.0 Å².